The van der Waals surface area contributed by atoms with E-state index < -0.39 is 5.97 Å². The number of nitrogens with zero attached hydrogens (tertiary/aromatic N) is 3. The van der Waals surface area contributed by atoms with Crippen molar-refractivity contribution in [2.75, 3.05) is 6.61 Å². The van der Waals surface area contributed by atoms with Crippen LogP contribution < -0.4 is 0 Å². The number of rotatable bonds is 2. The lowest BCUT2D eigenvalue weighted by atomic mass is 10.0. The van der Waals surface area contributed by atoms with Crippen LogP contribution in [0.2, 0.25) is 0 Å². The van der Waals surface area contributed by atoms with Crippen molar-refractivity contribution in [3.05, 3.63) is 48.3 Å². The Morgan fingerprint density at radius 1 is 1.08 bits per heavy atom. The first-order valence-electron chi connectivity index (χ1n) is 7.53. The predicted octanol–water partition coefficient (Wildman–Crippen LogP) is 3.21. The zero-order chi connectivity index (χ0) is 16.7. The fourth-order valence-corrected chi connectivity index (χ4v) is 2.81. The number of fused-ring (bicyclic) bond motifs is 4. The average molecular weight is 319 g/mol. The normalized spacial score (nSPS) is 11.2. The molecule has 6 heteroatoms. The molecule has 0 atom stereocenters. The zero-order valence-electron chi connectivity index (χ0n) is 12.9. The molecule has 4 rings (SSSR count). The largest absolute Gasteiger partial charge is 0.506 e. The maximum atomic E-state index is 12.4. The Kier molecular flexibility index (Phi) is 3.23. The van der Waals surface area contributed by atoms with Gasteiger partial charge in [0, 0.05) is 17.0 Å². The molecular formula is C18H13N3O3. The van der Waals surface area contributed by atoms with Gasteiger partial charge in [-0.05, 0) is 13.0 Å². The highest BCUT2D eigenvalue weighted by molar-refractivity contribution is 6.17. The van der Waals surface area contributed by atoms with Crippen molar-refractivity contribution in [2.45, 2.75) is 6.92 Å². The quantitative estimate of drug-likeness (QED) is 0.347. The maximum absolute atomic E-state index is 12.4. The number of aromatic hydroxyl groups is 1. The lowest BCUT2D eigenvalue weighted by molar-refractivity contribution is 0.0525. The number of carbonyl (C=O) groups is 1. The topological polar surface area (TPSA) is 85.2 Å². The summed E-state index contributed by atoms with van der Waals surface area (Å²) in [6.07, 6.45) is 3.22. The van der Waals surface area contributed by atoms with Crippen molar-refractivity contribution < 1.29 is 14.6 Å². The Morgan fingerprint density at radius 3 is 2.62 bits per heavy atom. The summed E-state index contributed by atoms with van der Waals surface area (Å²) in [6, 6.07) is 8.92. The van der Waals surface area contributed by atoms with Crippen LogP contribution in [-0.2, 0) is 4.74 Å². The van der Waals surface area contributed by atoms with Gasteiger partial charge in [-0.15, -0.1) is 0 Å². The molecule has 0 fully saturated rings. The number of esters is 1. The third-order valence-corrected chi connectivity index (χ3v) is 3.86. The Hall–Kier alpha value is -3.28. The Bertz CT molecular complexity index is 1110. The van der Waals surface area contributed by atoms with Gasteiger partial charge in [0.05, 0.1) is 23.8 Å². The third-order valence-electron chi connectivity index (χ3n) is 3.86. The lowest BCUT2D eigenvalue weighted by Gasteiger charge is -2.12. The Balaban J connectivity index is 2.23. The molecule has 0 bridgehead atoms. The van der Waals surface area contributed by atoms with Gasteiger partial charge in [-0.3, -0.25) is 4.98 Å². The molecule has 0 aliphatic carbocycles. The minimum absolute atomic E-state index is 0.0387. The van der Waals surface area contributed by atoms with E-state index in [1.54, 1.807) is 37.5 Å². The smallest absolute Gasteiger partial charge is 0.344 e. The molecule has 2 aromatic carbocycles. The van der Waals surface area contributed by atoms with Gasteiger partial charge in [-0.25, -0.2) is 14.8 Å². The van der Waals surface area contributed by atoms with E-state index in [9.17, 15) is 9.90 Å². The summed E-state index contributed by atoms with van der Waals surface area (Å²) in [5.74, 6) is -0.757. The van der Waals surface area contributed by atoms with Crippen LogP contribution in [-0.4, -0.2) is 32.6 Å². The molecule has 0 spiro atoms. The standard InChI is InChI=1S/C18H13N3O3/c1-2-24-18(23)14-16-15(10-5-3-4-6-11(10)17(14)22)21-13-9-19-8-7-12(13)20-16/h3-9,22H,2H2,1H3. The number of phenols is 1. The molecule has 0 aliphatic heterocycles. The number of hydrogen-bond donors (Lipinski definition) is 1. The number of benzene rings is 2. The predicted molar refractivity (Wildman–Crippen MR) is 90.0 cm³/mol. The number of phenolic OH excluding ortho intramolecular Hbond substituents is 1. The fraction of sp³-hybridized carbons (Fsp3) is 0.111. The molecule has 0 aliphatic rings. The lowest BCUT2D eigenvalue weighted by Crippen LogP contribution is -2.08. The summed E-state index contributed by atoms with van der Waals surface area (Å²) in [5, 5.41) is 11.9. The van der Waals surface area contributed by atoms with E-state index in [0.717, 1.165) is 5.39 Å². The molecule has 4 aromatic rings. The van der Waals surface area contributed by atoms with E-state index >= 15 is 0 Å². The average Bonchev–Trinajstić information content (AvgIpc) is 2.61. The summed E-state index contributed by atoms with van der Waals surface area (Å²) in [5.41, 5.74) is 2.11. The summed E-state index contributed by atoms with van der Waals surface area (Å²) < 4.78 is 5.10. The van der Waals surface area contributed by atoms with Gasteiger partial charge in [0.25, 0.3) is 0 Å². The molecule has 1 N–H and O–H groups in total. The number of pyridine rings is 1. The monoisotopic (exact) mass is 319 g/mol. The highest BCUT2D eigenvalue weighted by atomic mass is 16.5. The Morgan fingerprint density at radius 2 is 1.83 bits per heavy atom. The van der Waals surface area contributed by atoms with Gasteiger partial charge in [0.2, 0.25) is 0 Å². The van der Waals surface area contributed by atoms with Gasteiger partial charge >= 0.3 is 5.97 Å². The van der Waals surface area contributed by atoms with Crippen LogP contribution in [0.1, 0.15) is 17.3 Å². The number of aromatic nitrogens is 3. The molecule has 0 amide bonds. The van der Waals surface area contributed by atoms with E-state index in [2.05, 4.69) is 15.0 Å². The number of ether oxygens (including phenoxy) is 1. The number of hydrogen-bond acceptors (Lipinski definition) is 6. The maximum Gasteiger partial charge on any atom is 0.344 e. The van der Waals surface area contributed by atoms with Crippen LogP contribution in [0, 0.1) is 0 Å². The molecule has 0 unspecified atom stereocenters. The SMILES string of the molecule is CCOC(=O)c1c(O)c2ccccc2c2nc3cnccc3nc12. The highest BCUT2D eigenvalue weighted by Crippen LogP contribution is 2.36. The second-order valence-electron chi connectivity index (χ2n) is 5.27. The molecule has 6 nitrogen and oxygen atoms in total. The van der Waals surface area contributed by atoms with E-state index in [-0.39, 0.29) is 17.9 Å². The van der Waals surface area contributed by atoms with Crippen LogP contribution in [0.4, 0.5) is 0 Å². The number of carbonyl (C=O) groups excluding carboxylic acids is 1. The summed E-state index contributed by atoms with van der Waals surface area (Å²) >= 11 is 0. The van der Waals surface area contributed by atoms with Gasteiger partial charge in [0.15, 0.2) is 0 Å². The van der Waals surface area contributed by atoms with Crippen LogP contribution in [0.3, 0.4) is 0 Å². The fourth-order valence-electron chi connectivity index (χ4n) is 2.81. The third kappa shape index (κ3) is 2.04. The second-order valence-corrected chi connectivity index (χ2v) is 5.27. The molecular weight excluding hydrogens is 306 g/mol. The van der Waals surface area contributed by atoms with Crippen LogP contribution in [0.5, 0.6) is 5.75 Å². The molecule has 0 saturated carbocycles. The minimum Gasteiger partial charge on any atom is -0.506 e. The first kappa shape index (κ1) is 14.3. The van der Waals surface area contributed by atoms with Crippen LogP contribution in [0.15, 0.2) is 42.7 Å². The molecule has 24 heavy (non-hydrogen) atoms. The van der Waals surface area contributed by atoms with E-state index in [1.165, 1.54) is 0 Å². The van der Waals surface area contributed by atoms with Crippen LogP contribution >= 0.6 is 0 Å². The van der Waals surface area contributed by atoms with Gasteiger partial charge in [-0.1, -0.05) is 24.3 Å². The molecule has 2 heterocycles. The van der Waals surface area contributed by atoms with Crippen molar-refractivity contribution in [3.63, 3.8) is 0 Å². The van der Waals surface area contributed by atoms with Crippen molar-refractivity contribution in [3.8, 4) is 5.75 Å². The molecule has 2 aromatic heterocycles. The summed E-state index contributed by atoms with van der Waals surface area (Å²) in [7, 11) is 0. The van der Waals surface area contributed by atoms with Crippen molar-refractivity contribution in [1.29, 1.82) is 0 Å². The summed E-state index contributed by atoms with van der Waals surface area (Å²) in [6.45, 7) is 1.92. The highest BCUT2D eigenvalue weighted by Gasteiger charge is 2.23. The van der Waals surface area contributed by atoms with E-state index in [0.29, 0.717) is 27.5 Å². The van der Waals surface area contributed by atoms with Crippen molar-refractivity contribution in [1.82, 2.24) is 15.0 Å². The van der Waals surface area contributed by atoms with Gasteiger partial charge in [-0.2, -0.15) is 0 Å². The van der Waals surface area contributed by atoms with Crippen molar-refractivity contribution >= 4 is 38.8 Å². The molecule has 0 saturated heterocycles. The minimum atomic E-state index is -0.617. The van der Waals surface area contributed by atoms with E-state index in [4.69, 9.17) is 4.74 Å². The first-order chi connectivity index (χ1) is 11.7. The van der Waals surface area contributed by atoms with Gasteiger partial charge < -0.3 is 9.84 Å². The Labute approximate surface area is 136 Å². The van der Waals surface area contributed by atoms with E-state index in [1.807, 2.05) is 12.1 Å². The van der Waals surface area contributed by atoms with Crippen LogP contribution in [0.25, 0.3) is 32.8 Å². The second kappa shape index (κ2) is 5.42. The first-order valence-corrected chi connectivity index (χ1v) is 7.53. The van der Waals surface area contributed by atoms with Gasteiger partial charge in [0.1, 0.15) is 22.3 Å². The van der Waals surface area contributed by atoms with Crippen molar-refractivity contribution in [2.24, 2.45) is 0 Å². The molecule has 118 valence electrons. The zero-order valence-corrected chi connectivity index (χ0v) is 12.9. The molecule has 0 radical (unpaired) electrons. The summed E-state index contributed by atoms with van der Waals surface area (Å²) in [4.78, 5) is 25.6.